The van der Waals surface area contributed by atoms with Crippen LogP contribution in [0.15, 0.2) is 24.3 Å². The molecule has 1 amide bonds. The highest BCUT2D eigenvalue weighted by atomic mass is 19.4. The summed E-state index contributed by atoms with van der Waals surface area (Å²) in [6.07, 6.45) is -0.0976. The fraction of sp³-hybridized carbons (Fsp3) is 0.231. The first-order chi connectivity index (χ1) is 9.27. The van der Waals surface area contributed by atoms with Crippen molar-refractivity contribution >= 4 is 11.9 Å². The molecule has 1 rings (SSSR count). The molecule has 1 aromatic carbocycles. The van der Waals surface area contributed by atoms with E-state index in [1.807, 2.05) is 11.2 Å². The van der Waals surface area contributed by atoms with Gasteiger partial charge in [-0.05, 0) is 12.1 Å². The van der Waals surface area contributed by atoms with Crippen LogP contribution in [-0.2, 0) is 11.0 Å². The summed E-state index contributed by atoms with van der Waals surface area (Å²) in [5.41, 5.74) is -1.79. The molecule has 4 nitrogen and oxygen atoms in total. The van der Waals surface area contributed by atoms with E-state index in [4.69, 9.17) is 11.5 Å². The standard InChI is InChI=1S/C13H10F3NO3/c1-2-5-10(12(19)20)17-11(18)8-6-3-4-7-9(8)13(14,15)16/h1,3-4,6-7,10H,5H2,(H,17,18)(H,19,20)/t10-/m1/s1. The molecule has 20 heavy (non-hydrogen) atoms. The van der Waals surface area contributed by atoms with Crippen molar-refractivity contribution in [3.05, 3.63) is 35.4 Å². The maximum absolute atomic E-state index is 12.7. The smallest absolute Gasteiger partial charge is 0.417 e. The number of nitrogens with one attached hydrogen (secondary N) is 1. The summed E-state index contributed by atoms with van der Waals surface area (Å²) >= 11 is 0. The number of aliphatic carboxylic acids is 1. The number of terminal acetylenes is 1. The van der Waals surface area contributed by atoms with Crippen LogP contribution in [-0.4, -0.2) is 23.0 Å². The van der Waals surface area contributed by atoms with Crippen molar-refractivity contribution < 1.29 is 27.9 Å². The topological polar surface area (TPSA) is 66.4 Å². The Bertz CT molecular complexity index is 561. The van der Waals surface area contributed by atoms with Crippen LogP contribution in [0.3, 0.4) is 0 Å². The van der Waals surface area contributed by atoms with Crippen molar-refractivity contribution in [2.45, 2.75) is 18.6 Å². The maximum atomic E-state index is 12.7. The SMILES string of the molecule is C#CC[C@@H](NC(=O)c1ccccc1C(F)(F)F)C(=O)O. The highest BCUT2D eigenvalue weighted by Gasteiger charge is 2.35. The summed E-state index contributed by atoms with van der Waals surface area (Å²) in [6.45, 7) is 0. The Morgan fingerprint density at radius 1 is 1.35 bits per heavy atom. The van der Waals surface area contributed by atoms with Crippen molar-refractivity contribution in [2.75, 3.05) is 0 Å². The molecule has 1 aromatic rings. The number of carboxylic acid groups (broad SMARTS) is 1. The summed E-state index contributed by atoms with van der Waals surface area (Å²) in [5, 5.41) is 10.8. The predicted octanol–water partition coefficient (Wildman–Crippen LogP) is 1.91. The van der Waals surface area contributed by atoms with E-state index in [0.29, 0.717) is 0 Å². The van der Waals surface area contributed by atoms with Crippen molar-refractivity contribution in [2.24, 2.45) is 0 Å². The fourth-order valence-corrected chi connectivity index (χ4v) is 1.48. The molecule has 106 valence electrons. The largest absolute Gasteiger partial charge is 0.480 e. The molecule has 0 bridgehead atoms. The van der Waals surface area contributed by atoms with Gasteiger partial charge in [0.1, 0.15) is 6.04 Å². The minimum atomic E-state index is -4.71. The van der Waals surface area contributed by atoms with E-state index < -0.39 is 35.2 Å². The lowest BCUT2D eigenvalue weighted by atomic mass is 10.1. The quantitative estimate of drug-likeness (QED) is 0.830. The van der Waals surface area contributed by atoms with Crippen LogP contribution < -0.4 is 5.32 Å². The summed E-state index contributed by atoms with van der Waals surface area (Å²) in [5.74, 6) is -0.521. The maximum Gasteiger partial charge on any atom is 0.417 e. The number of alkyl halides is 3. The van der Waals surface area contributed by atoms with Gasteiger partial charge in [-0.3, -0.25) is 4.79 Å². The molecule has 0 aliphatic heterocycles. The number of carboxylic acids is 1. The monoisotopic (exact) mass is 285 g/mol. The lowest BCUT2D eigenvalue weighted by Crippen LogP contribution is -2.41. The molecule has 2 N–H and O–H groups in total. The number of rotatable bonds is 4. The zero-order valence-corrected chi connectivity index (χ0v) is 10.1. The first kappa shape index (κ1) is 15.6. The second-order valence-electron chi connectivity index (χ2n) is 3.82. The molecule has 0 spiro atoms. The second-order valence-corrected chi connectivity index (χ2v) is 3.82. The number of carbonyl (C=O) groups excluding carboxylic acids is 1. The lowest BCUT2D eigenvalue weighted by Gasteiger charge is -2.15. The molecule has 0 fully saturated rings. The van der Waals surface area contributed by atoms with Gasteiger partial charge >= 0.3 is 12.1 Å². The van der Waals surface area contributed by atoms with E-state index >= 15 is 0 Å². The Morgan fingerprint density at radius 2 is 1.95 bits per heavy atom. The van der Waals surface area contributed by atoms with Gasteiger partial charge in [-0.1, -0.05) is 12.1 Å². The Kier molecular flexibility index (Phi) is 4.75. The lowest BCUT2D eigenvalue weighted by molar-refractivity contribution is -0.139. The zero-order chi connectivity index (χ0) is 15.3. The van der Waals surface area contributed by atoms with Gasteiger partial charge in [-0.15, -0.1) is 12.3 Å². The number of hydrogen-bond acceptors (Lipinski definition) is 2. The number of amides is 1. The van der Waals surface area contributed by atoms with Gasteiger partial charge in [-0.25, -0.2) is 4.79 Å². The van der Waals surface area contributed by atoms with Crippen molar-refractivity contribution in [1.29, 1.82) is 0 Å². The minimum absolute atomic E-state index is 0.324. The Balaban J connectivity index is 3.05. The Labute approximate surface area is 112 Å². The molecule has 0 saturated heterocycles. The van der Waals surface area contributed by atoms with Gasteiger partial charge in [0.25, 0.3) is 5.91 Å². The third kappa shape index (κ3) is 3.75. The fourth-order valence-electron chi connectivity index (χ4n) is 1.48. The summed E-state index contributed by atoms with van der Waals surface area (Å²) in [6, 6.07) is 2.66. The molecule has 0 radical (unpaired) electrons. The van der Waals surface area contributed by atoms with Crippen LogP contribution in [0.25, 0.3) is 0 Å². The van der Waals surface area contributed by atoms with E-state index in [1.54, 1.807) is 0 Å². The van der Waals surface area contributed by atoms with E-state index in [9.17, 15) is 22.8 Å². The van der Waals surface area contributed by atoms with Gasteiger partial charge in [0.2, 0.25) is 0 Å². The van der Waals surface area contributed by atoms with Gasteiger partial charge in [0.05, 0.1) is 11.1 Å². The van der Waals surface area contributed by atoms with Crippen molar-refractivity contribution in [3.63, 3.8) is 0 Å². The molecule has 0 aliphatic carbocycles. The van der Waals surface area contributed by atoms with E-state index in [1.165, 1.54) is 6.07 Å². The number of hydrogen-bond donors (Lipinski definition) is 2. The molecule has 0 saturated carbocycles. The van der Waals surface area contributed by atoms with Crippen LogP contribution in [0.1, 0.15) is 22.3 Å². The summed E-state index contributed by atoms with van der Waals surface area (Å²) < 4.78 is 38.2. The van der Waals surface area contributed by atoms with Gasteiger partial charge in [0.15, 0.2) is 0 Å². The van der Waals surface area contributed by atoms with Crippen LogP contribution >= 0.6 is 0 Å². The molecular weight excluding hydrogens is 275 g/mol. The molecule has 1 atom stereocenters. The Hall–Kier alpha value is -2.49. The summed E-state index contributed by atoms with van der Waals surface area (Å²) in [7, 11) is 0. The molecule has 0 aliphatic rings. The normalized spacial score (nSPS) is 12.3. The Morgan fingerprint density at radius 3 is 2.45 bits per heavy atom. The van der Waals surface area contributed by atoms with Crippen LogP contribution in [0.4, 0.5) is 13.2 Å². The van der Waals surface area contributed by atoms with Gasteiger partial charge < -0.3 is 10.4 Å². The third-order valence-electron chi connectivity index (χ3n) is 2.40. The number of benzene rings is 1. The molecule has 0 aromatic heterocycles. The molecule has 7 heteroatoms. The van der Waals surface area contributed by atoms with Crippen LogP contribution in [0, 0.1) is 12.3 Å². The number of halogens is 3. The number of carbonyl (C=O) groups is 2. The molecular formula is C13H10F3NO3. The minimum Gasteiger partial charge on any atom is -0.480 e. The van der Waals surface area contributed by atoms with Crippen molar-refractivity contribution in [3.8, 4) is 12.3 Å². The van der Waals surface area contributed by atoms with Gasteiger partial charge in [-0.2, -0.15) is 13.2 Å². The highest BCUT2D eigenvalue weighted by Crippen LogP contribution is 2.31. The average Bonchev–Trinajstić information content (AvgIpc) is 2.37. The average molecular weight is 285 g/mol. The van der Waals surface area contributed by atoms with Gasteiger partial charge in [0, 0.05) is 6.42 Å². The van der Waals surface area contributed by atoms with E-state index in [2.05, 4.69) is 0 Å². The second kappa shape index (κ2) is 6.10. The highest BCUT2D eigenvalue weighted by molar-refractivity contribution is 5.98. The molecule has 0 heterocycles. The van der Waals surface area contributed by atoms with E-state index in [0.717, 1.165) is 18.2 Å². The van der Waals surface area contributed by atoms with Crippen molar-refractivity contribution in [1.82, 2.24) is 5.32 Å². The predicted molar refractivity (Wildman–Crippen MR) is 63.8 cm³/mol. The molecule has 0 unspecified atom stereocenters. The summed E-state index contributed by atoms with van der Waals surface area (Å²) in [4.78, 5) is 22.6. The van der Waals surface area contributed by atoms with E-state index in [-0.39, 0.29) is 6.42 Å². The first-order valence-electron chi connectivity index (χ1n) is 5.40. The first-order valence-corrected chi connectivity index (χ1v) is 5.40. The van der Waals surface area contributed by atoms with Crippen LogP contribution in [0.5, 0.6) is 0 Å². The zero-order valence-electron chi connectivity index (χ0n) is 10.1. The third-order valence-corrected chi connectivity index (χ3v) is 2.40. The van der Waals surface area contributed by atoms with Crippen LogP contribution in [0.2, 0.25) is 0 Å².